The summed E-state index contributed by atoms with van der Waals surface area (Å²) in [5, 5.41) is 9.54. The SMILES string of the molecule is OCC1CCCN1c1cc(N2CCC(C3CCCO3)CC2)ncn1. The lowest BCUT2D eigenvalue weighted by molar-refractivity contribution is 0.0531. The van der Waals surface area contributed by atoms with Crippen LogP contribution in [0, 0.1) is 5.92 Å². The minimum Gasteiger partial charge on any atom is -0.394 e. The minimum atomic E-state index is 0.201. The first-order valence-corrected chi connectivity index (χ1v) is 9.41. The Morgan fingerprint density at radius 2 is 1.88 bits per heavy atom. The number of hydrogen-bond acceptors (Lipinski definition) is 6. The van der Waals surface area contributed by atoms with Crippen LogP contribution in [0.2, 0.25) is 0 Å². The van der Waals surface area contributed by atoms with Gasteiger partial charge in [0.25, 0.3) is 0 Å². The average Bonchev–Trinajstić information content (AvgIpc) is 3.33. The van der Waals surface area contributed by atoms with Gasteiger partial charge in [-0.2, -0.15) is 0 Å². The van der Waals surface area contributed by atoms with Crippen LogP contribution in [-0.4, -0.2) is 60.1 Å². The van der Waals surface area contributed by atoms with Gasteiger partial charge in [0.15, 0.2) is 0 Å². The van der Waals surface area contributed by atoms with Gasteiger partial charge in [0, 0.05) is 32.3 Å². The molecule has 24 heavy (non-hydrogen) atoms. The molecule has 1 N–H and O–H groups in total. The van der Waals surface area contributed by atoms with Crippen LogP contribution in [0.4, 0.5) is 11.6 Å². The number of aromatic nitrogens is 2. The first-order chi connectivity index (χ1) is 11.8. The van der Waals surface area contributed by atoms with Crippen molar-refractivity contribution >= 4 is 11.6 Å². The van der Waals surface area contributed by atoms with Crippen LogP contribution in [0.3, 0.4) is 0 Å². The van der Waals surface area contributed by atoms with Crippen molar-refractivity contribution in [3.8, 4) is 0 Å². The zero-order valence-electron chi connectivity index (χ0n) is 14.3. The molecule has 3 fully saturated rings. The van der Waals surface area contributed by atoms with Crippen LogP contribution in [0.1, 0.15) is 38.5 Å². The Labute approximate surface area is 143 Å². The third-order valence-corrected chi connectivity index (χ3v) is 5.87. The molecule has 1 aromatic heterocycles. The number of rotatable bonds is 4. The molecule has 0 aliphatic carbocycles. The molecule has 132 valence electrons. The molecule has 0 aromatic carbocycles. The van der Waals surface area contributed by atoms with Crippen molar-refractivity contribution < 1.29 is 9.84 Å². The molecular formula is C18H28N4O2. The highest BCUT2D eigenvalue weighted by Gasteiger charge is 2.30. The predicted molar refractivity (Wildman–Crippen MR) is 93.4 cm³/mol. The number of piperidine rings is 1. The Hall–Kier alpha value is -1.40. The van der Waals surface area contributed by atoms with E-state index in [4.69, 9.17) is 4.74 Å². The fourth-order valence-corrected chi connectivity index (χ4v) is 4.47. The summed E-state index contributed by atoms with van der Waals surface area (Å²) in [6.45, 7) is 4.21. The molecule has 0 radical (unpaired) electrons. The zero-order valence-corrected chi connectivity index (χ0v) is 14.3. The zero-order chi connectivity index (χ0) is 16.4. The summed E-state index contributed by atoms with van der Waals surface area (Å²) in [5.41, 5.74) is 0. The third-order valence-electron chi connectivity index (χ3n) is 5.87. The maximum atomic E-state index is 9.54. The summed E-state index contributed by atoms with van der Waals surface area (Å²) in [6.07, 6.45) is 9.16. The van der Waals surface area contributed by atoms with Crippen molar-refractivity contribution in [3.05, 3.63) is 12.4 Å². The molecule has 3 aliphatic heterocycles. The van der Waals surface area contributed by atoms with Gasteiger partial charge in [-0.15, -0.1) is 0 Å². The van der Waals surface area contributed by atoms with E-state index in [0.717, 1.165) is 50.7 Å². The van der Waals surface area contributed by atoms with Crippen molar-refractivity contribution in [2.45, 2.75) is 50.7 Å². The van der Waals surface area contributed by atoms with Crippen LogP contribution in [0.15, 0.2) is 12.4 Å². The molecule has 3 aliphatic rings. The van der Waals surface area contributed by atoms with Crippen LogP contribution in [-0.2, 0) is 4.74 Å². The van der Waals surface area contributed by atoms with Gasteiger partial charge in [-0.3, -0.25) is 0 Å². The van der Waals surface area contributed by atoms with E-state index in [1.165, 1.54) is 25.7 Å². The van der Waals surface area contributed by atoms with Gasteiger partial charge in [0.2, 0.25) is 0 Å². The van der Waals surface area contributed by atoms with Crippen molar-refractivity contribution in [1.29, 1.82) is 0 Å². The smallest absolute Gasteiger partial charge is 0.134 e. The lowest BCUT2D eigenvalue weighted by Crippen LogP contribution is -2.38. The topological polar surface area (TPSA) is 61.7 Å². The summed E-state index contributed by atoms with van der Waals surface area (Å²) in [4.78, 5) is 13.6. The van der Waals surface area contributed by atoms with Gasteiger partial charge in [0.05, 0.1) is 18.8 Å². The Balaban J connectivity index is 1.41. The van der Waals surface area contributed by atoms with E-state index >= 15 is 0 Å². The molecule has 2 atom stereocenters. The maximum absolute atomic E-state index is 9.54. The number of aliphatic hydroxyl groups is 1. The van der Waals surface area contributed by atoms with Crippen molar-refractivity contribution in [2.75, 3.05) is 42.6 Å². The lowest BCUT2D eigenvalue weighted by atomic mass is 9.90. The van der Waals surface area contributed by atoms with E-state index in [-0.39, 0.29) is 12.6 Å². The maximum Gasteiger partial charge on any atom is 0.134 e. The predicted octanol–water partition coefficient (Wildman–Crippen LogP) is 1.83. The highest BCUT2D eigenvalue weighted by molar-refractivity contribution is 5.51. The van der Waals surface area contributed by atoms with E-state index in [9.17, 15) is 5.11 Å². The van der Waals surface area contributed by atoms with E-state index < -0.39 is 0 Å². The van der Waals surface area contributed by atoms with E-state index in [1.807, 2.05) is 0 Å². The van der Waals surface area contributed by atoms with Gasteiger partial charge in [-0.05, 0) is 44.4 Å². The summed E-state index contributed by atoms with van der Waals surface area (Å²) in [6, 6.07) is 2.30. The first kappa shape index (κ1) is 16.1. The van der Waals surface area contributed by atoms with Crippen molar-refractivity contribution in [3.63, 3.8) is 0 Å². The monoisotopic (exact) mass is 332 g/mol. The van der Waals surface area contributed by atoms with Crippen molar-refractivity contribution in [2.24, 2.45) is 5.92 Å². The number of anilines is 2. The van der Waals surface area contributed by atoms with E-state index in [2.05, 4.69) is 25.8 Å². The highest BCUT2D eigenvalue weighted by atomic mass is 16.5. The lowest BCUT2D eigenvalue weighted by Gasteiger charge is -2.35. The largest absolute Gasteiger partial charge is 0.394 e. The molecule has 4 rings (SSSR count). The molecule has 1 aromatic rings. The Kier molecular flexibility index (Phi) is 4.85. The fourth-order valence-electron chi connectivity index (χ4n) is 4.47. The molecule has 2 unspecified atom stereocenters. The molecule has 0 saturated carbocycles. The van der Waals surface area contributed by atoms with Crippen molar-refractivity contribution in [1.82, 2.24) is 9.97 Å². The second-order valence-electron chi connectivity index (χ2n) is 7.28. The number of ether oxygens (including phenoxy) is 1. The molecule has 3 saturated heterocycles. The van der Waals surface area contributed by atoms with Crippen LogP contribution >= 0.6 is 0 Å². The van der Waals surface area contributed by atoms with Crippen LogP contribution < -0.4 is 9.80 Å². The van der Waals surface area contributed by atoms with Crippen LogP contribution in [0.5, 0.6) is 0 Å². The first-order valence-electron chi connectivity index (χ1n) is 9.41. The molecular weight excluding hydrogens is 304 g/mol. The van der Waals surface area contributed by atoms with E-state index in [1.54, 1.807) is 6.33 Å². The van der Waals surface area contributed by atoms with Gasteiger partial charge in [-0.1, -0.05) is 0 Å². The standard InChI is InChI=1S/C18H28N4O2/c23-12-15-3-1-7-22(15)18-11-17(19-13-20-18)21-8-5-14(6-9-21)16-4-2-10-24-16/h11,13-16,23H,1-10,12H2. The summed E-state index contributed by atoms with van der Waals surface area (Å²) < 4.78 is 5.87. The molecule has 6 nitrogen and oxygen atoms in total. The van der Waals surface area contributed by atoms with Gasteiger partial charge in [0.1, 0.15) is 18.0 Å². The number of nitrogens with zero attached hydrogens (tertiary/aromatic N) is 4. The minimum absolute atomic E-state index is 0.201. The van der Waals surface area contributed by atoms with Gasteiger partial charge in [-0.25, -0.2) is 9.97 Å². The quantitative estimate of drug-likeness (QED) is 0.908. The molecule has 0 spiro atoms. The third kappa shape index (κ3) is 3.22. The van der Waals surface area contributed by atoms with Gasteiger partial charge < -0.3 is 19.6 Å². The number of aliphatic hydroxyl groups excluding tert-OH is 1. The molecule has 0 bridgehead atoms. The average molecular weight is 332 g/mol. The summed E-state index contributed by atoms with van der Waals surface area (Å²) in [7, 11) is 0. The second kappa shape index (κ2) is 7.23. The highest BCUT2D eigenvalue weighted by Crippen LogP contribution is 2.31. The Morgan fingerprint density at radius 1 is 1.04 bits per heavy atom. The normalized spacial score (nSPS) is 28.7. The molecule has 4 heterocycles. The summed E-state index contributed by atoms with van der Waals surface area (Å²) >= 11 is 0. The second-order valence-corrected chi connectivity index (χ2v) is 7.28. The molecule has 0 amide bonds. The Morgan fingerprint density at radius 3 is 2.62 bits per heavy atom. The van der Waals surface area contributed by atoms with E-state index in [0.29, 0.717) is 12.0 Å². The fraction of sp³-hybridized carbons (Fsp3) is 0.778. The summed E-state index contributed by atoms with van der Waals surface area (Å²) in [5.74, 6) is 2.69. The molecule has 6 heteroatoms. The number of hydrogen-bond donors (Lipinski definition) is 1. The van der Waals surface area contributed by atoms with Gasteiger partial charge >= 0.3 is 0 Å². The Bertz CT molecular complexity index is 542. The van der Waals surface area contributed by atoms with Crippen LogP contribution in [0.25, 0.3) is 0 Å².